The smallest absolute Gasteiger partial charge is 0.291 e. The van der Waals surface area contributed by atoms with Crippen molar-refractivity contribution in [2.45, 2.75) is 0 Å². The summed E-state index contributed by atoms with van der Waals surface area (Å²) in [6.45, 7) is 0. The van der Waals surface area contributed by atoms with Gasteiger partial charge in [0.1, 0.15) is 0 Å². The normalized spacial score (nSPS) is 10.2. The summed E-state index contributed by atoms with van der Waals surface area (Å²) < 4.78 is 23.5. The number of ether oxygens (including phenoxy) is 1. The summed E-state index contributed by atoms with van der Waals surface area (Å²) in [5.41, 5.74) is 5.15. The van der Waals surface area contributed by atoms with E-state index in [9.17, 15) is 14.0 Å². The van der Waals surface area contributed by atoms with Crippen molar-refractivity contribution in [3.8, 4) is 17.1 Å². The number of amides is 2. The first kappa shape index (κ1) is 17.2. The number of carbonyl (C=O) groups excluding carboxylic acids is 2. The highest BCUT2D eigenvalue weighted by molar-refractivity contribution is 5.98. The summed E-state index contributed by atoms with van der Waals surface area (Å²) >= 11 is 0. The van der Waals surface area contributed by atoms with Crippen LogP contribution < -0.4 is 15.6 Å². The van der Waals surface area contributed by atoms with Gasteiger partial charge in [-0.2, -0.15) is 0 Å². The zero-order chi connectivity index (χ0) is 18.5. The molecule has 0 unspecified atom stereocenters. The van der Waals surface area contributed by atoms with E-state index in [0.717, 1.165) is 11.6 Å². The van der Waals surface area contributed by atoms with Gasteiger partial charge >= 0.3 is 0 Å². The van der Waals surface area contributed by atoms with Crippen molar-refractivity contribution in [3.05, 3.63) is 71.7 Å². The lowest BCUT2D eigenvalue weighted by molar-refractivity contribution is 0.0841. The largest absolute Gasteiger partial charge is 0.494 e. The molecule has 0 saturated carbocycles. The van der Waals surface area contributed by atoms with Gasteiger partial charge in [-0.3, -0.25) is 20.4 Å². The molecule has 0 radical (unpaired) electrons. The zero-order valence-electron chi connectivity index (χ0n) is 13.7. The molecule has 0 aliphatic carbocycles. The first-order valence-electron chi connectivity index (χ1n) is 7.55. The first-order chi connectivity index (χ1) is 12.6. The third kappa shape index (κ3) is 3.69. The number of aromatic nitrogens is 1. The van der Waals surface area contributed by atoms with Gasteiger partial charge in [-0.15, -0.1) is 0 Å². The molecule has 0 spiro atoms. The monoisotopic (exact) mass is 355 g/mol. The fourth-order valence-electron chi connectivity index (χ4n) is 2.18. The number of halogens is 1. The van der Waals surface area contributed by atoms with Crippen LogP contribution >= 0.6 is 0 Å². The average Bonchev–Trinajstić information content (AvgIpc) is 3.17. The second-order valence-electron chi connectivity index (χ2n) is 5.20. The van der Waals surface area contributed by atoms with Crippen molar-refractivity contribution in [1.29, 1.82) is 0 Å². The zero-order valence-corrected chi connectivity index (χ0v) is 13.7. The van der Waals surface area contributed by atoms with Gasteiger partial charge in [0.2, 0.25) is 0 Å². The number of nitrogens with one attached hydrogen (secondary N) is 2. The Hall–Kier alpha value is -3.68. The molecule has 0 aliphatic rings. The molecule has 0 atom stereocenters. The van der Waals surface area contributed by atoms with Gasteiger partial charge in [-0.05, 0) is 18.2 Å². The number of carbonyl (C=O) groups is 2. The fraction of sp³-hybridized carbons (Fsp3) is 0.0556. The van der Waals surface area contributed by atoms with Gasteiger partial charge in [-0.25, -0.2) is 4.39 Å². The molecule has 3 rings (SSSR count). The summed E-state index contributed by atoms with van der Waals surface area (Å²) in [5.74, 6) is -1.61. The average molecular weight is 355 g/mol. The van der Waals surface area contributed by atoms with Crippen molar-refractivity contribution in [2.75, 3.05) is 7.11 Å². The first-order valence-corrected chi connectivity index (χ1v) is 7.55. The molecule has 2 aromatic carbocycles. The lowest BCUT2D eigenvalue weighted by atomic mass is 10.1. The maximum atomic E-state index is 13.6. The Morgan fingerprint density at radius 3 is 2.46 bits per heavy atom. The van der Waals surface area contributed by atoms with E-state index in [2.05, 4.69) is 16.0 Å². The van der Waals surface area contributed by atoms with E-state index in [-0.39, 0.29) is 17.0 Å². The predicted octanol–water partition coefficient (Wildman–Crippen LogP) is 2.56. The quantitative estimate of drug-likeness (QED) is 0.702. The number of hydrogen-bond acceptors (Lipinski definition) is 5. The number of rotatable bonds is 4. The molecule has 132 valence electrons. The molecule has 26 heavy (non-hydrogen) atoms. The van der Waals surface area contributed by atoms with Gasteiger partial charge in [0.15, 0.2) is 23.0 Å². The van der Waals surface area contributed by atoms with Crippen molar-refractivity contribution >= 4 is 11.8 Å². The Bertz CT molecular complexity index is 941. The Morgan fingerprint density at radius 2 is 1.77 bits per heavy atom. The van der Waals surface area contributed by atoms with Crippen LogP contribution in [0.3, 0.4) is 0 Å². The topological polar surface area (TPSA) is 93.5 Å². The van der Waals surface area contributed by atoms with Crippen LogP contribution in [0.4, 0.5) is 4.39 Å². The molecule has 2 amide bonds. The molecule has 7 nitrogen and oxygen atoms in total. The standard InChI is InChI=1S/C18H14FN3O4/c1-25-15-8-7-12(9-13(15)19)17(23)20-21-18(24)14-10-16(26-22-14)11-5-3-2-4-6-11/h2-10H,1H3,(H,20,23)(H,21,24). The van der Waals surface area contributed by atoms with Crippen molar-refractivity contribution in [3.63, 3.8) is 0 Å². The maximum Gasteiger partial charge on any atom is 0.291 e. The van der Waals surface area contributed by atoms with Crippen molar-refractivity contribution in [2.24, 2.45) is 0 Å². The molecule has 0 aliphatic heterocycles. The van der Waals surface area contributed by atoms with Gasteiger partial charge in [0, 0.05) is 17.2 Å². The van der Waals surface area contributed by atoms with Crippen LogP contribution in [0, 0.1) is 5.82 Å². The maximum absolute atomic E-state index is 13.6. The molecule has 1 aromatic heterocycles. The SMILES string of the molecule is COc1ccc(C(=O)NNC(=O)c2cc(-c3ccccc3)on2)cc1F. The highest BCUT2D eigenvalue weighted by Crippen LogP contribution is 2.20. The number of benzene rings is 2. The van der Waals surface area contributed by atoms with Crippen LogP contribution in [-0.4, -0.2) is 24.1 Å². The number of hydrogen-bond donors (Lipinski definition) is 2. The van der Waals surface area contributed by atoms with E-state index in [4.69, 9.17) is 9.26 Å². The number of methoxy groups -OCH3 is 1. The predicted molar refractivity (Wildman–Crippen MR) is 89.8 cm³/mol. The number of nitrogens with zero attached hydrogens (tertiary/aromatic N) is 1. The molecular formula is C18H14FN3O4. The molecule has 3 aromatic rings. The van der Waals surface area contributed by atoms with Crippen LogP contribution in [0.1, 0.15) is 20.8 Å². The highest BCUT2D eigenvalue weighted by Gasteiger charge is 2.15. The fourth-order valence-corrected chi connectivity index (χ4v) is 2.18. The summed E-state index contributed by atoms with van der Waals surface area (Å²) in [5, 5.41) is 3.67. The van der Waals surface area contributed by atoms with Gasteiger partial charge in [0.05, 0.1) is 7.11 Å². The molecule has 1 heterocycles. The van der Waals surface area contributed by atoms with Gasteiger partial charge in [0.25, 0.3) is 11.8 Å². The minimum atomic E-state index is -0.688. The lowest BCUT2D eigenvalue weighted by Gasteiger charge is -2.07. The van der Waals surface area contributed by atoms with Crippen LogP contribution in [0.2, 0.25) is 0 Å². The van der Waals surface area contributed by atoms with Crippen LogP contribution in [0.5, 0.6) is 5.75 Å². The Kier molecular flexibility index (Phi) is 4.93. The second-order valence-corrected chi connectivity index (χ2v) is 5.20. The van der Waals surface area contributed by atoms with Crippen LogP contribution in [0.15, 0.2) is 59.1 Å². The minimum Gasteiger partial charge on any atom is -0.494 e. The Morgan fingerprint density at radius 1 is 1.04 bits per heavy atom. The van der Waals surface area contributed by atoms with Gasteiger partial charge in [-0.1, -0.05) is 35.5 Å². The van der Waals surface area contributed by atoms with Crippen LogP contribution in [-0.2, 0) is 0 Å². The second kappa shape index (κ2) is 7.47. The van der Waals surface area contributed by atoms with E-state index < -0.39 is 17.6 Å². The summed E-state index contributed by atoms with van der Waals surface area (Å²) in [6, 6.07) is 14.3. The van der Waals surface area contributed by atoms with E-state index >= 15 is 0 Å². The lowest BCUT2D eigenvalue weighted by Crippen LogP contribution is -2.41. The van der Waals surface area contributed by atoms with E-state index in [0.29, 0.717) is 5.76 Å². The third-order valence-corrected chi connectivity index (χ3v) is 3.50. The molecule has 8 heteroatoms. The van der Waals surface area contributed by atoms with Gasteiger partial charge < -0.3 is 9.26 Å². The van der Waals surface area contributed by atoms with E-state index in [1.165, 1.54) is 25.3 Å². The summed E-state index contributed by atoms with van der Waals surface area (Å²) in [7, 11) is 1.32. The Balaban J connectivity index is 1.63. The summed E-state index contributed by atoms with van der Waals surface area (Å²) in [4.78, 5) is 24.0. The van der Waals surface area contributed by atoms with Crippen LogP contribution in [0.25, 0.3) is 11.3 Å². The van der Waals surface area contributed by atoms with E-state index in [1.54, 1.807) is 0 Å². The minimum absolute atomic E-state index is 0.00920. The molecule has 0 fully saturated rings. The van der Waals surface area contributed by atoms with E-state index in [1.807, 2.05) is 30.3 Å². The molecule has 0 saturated heterocycles. The number of hydrazine groups is 1. The van der Waals surface area contributed by atoms with Crippen molar-refractivity contribution < 1.29 is 23.2 Å². The summed E-state index contributed by atoms with van der Waals surface area (Å²) in [6.07, 6.45) is 0. The van der Waals surface area contributed by atoms with Crippen molar-refractivity contribution in [1.82, 2.24) is 16.0 Å². The molecular weight excluding hydrogens is 341 g/mol. The molecule has 2 N–H and O–H groups in total. The highest BCUT2D eigenvalue weighted by atomic mass is 19.1. The third-order valence-electron chi connectivity index (χ3n) is 3.50. The Labute approximate surface area is 147 Å². The molecule has 0 bridgehead atoms.